The number of nitrogens with one attached hydrogen (secondary N) is 1. The molecule has 1 aliphatic rings. The van der Waals surface area contributed by atoms with Crippen LogP contribution in [0.2, 0.25) is 0 Å². The molecule has 0 spiro atoms. The molecule has 2 heterocycles. The first-order valence-electron chi connectivity index (χ1n) is 4.58. The molecule has 3 N–H and O–H groups in total. The van der Waals surface area contributed by atoms with Crippen LogP contribution in [0.3, 0.4) is 0 Å². The Labute approximate surface area is 82.6 Å². The fraction of sp³-hybridized carbons (Fsp3) is 0.625. The van der Waals surface area contributed by atoms with E-state index in [0.29, 0.717) is 19.4 Å². The van der Waals surface area contributed by atoms with Gasteiger partial charge < -0.3 is 5.73 Å². The molecule has 0 radical (unpaired) electrons. The van der Waals surface area contributed by atoms with Gasteiger partial charge in [-0.2, -0.15) is 5.10 Å². The molecular formula is C8H13N3O2S. The molecule has 0 aliphatic carbocycles. The van der Waals surface area contributed by atoms with Crippen LogP contribution in [0.4, 0.5) is 0 Å². The van der Waals surface area contributed by atoms with E-state index in [9.17, 15) is 8.42 Å². The van der Waals surface area contributed by atoms with E-state index < -0.39 is 9.84 Å². The number of hydrogen-bond acceptors (Lipinski definition) is 4. The van der Waals surface area contributed by atoms with Crippen LogP contribution in [0.15, 0.2) is 0 Å². The van der Waals surface area contributed by atoms with Crippen LogP contribution in [0, 0.1) is 0 Å². The molecule has 5 nitrogen and oxygen atoms in total. The number of aryl methyl sites for hydroxylation is 1. The highest BCUT2D eigenvalue weighted by atomic mass is 32.2. The van der Waals surface area contributed by atoms with E-state index in [4.69, 9.17) is 5.73 Å². The molecule has 0 unspecified atom stereocenters. The van der Waals surface area contributed by atoms with Crippen LogP contribution in [0.1, 0.15) is 17.0 Å². The molecular weight excluding hydrogens is 202 g/mol. The Morgan fingerprint density at radius 1 is 1.50 bits per heavy atom. The van der Waals surface area contributed by atoms with Gasteiger partial charge in [0.15, 0.2) is 9.84 Å². The molecule has 0 saturated heterocycles. The van der Waals surface area contributed by atoms with Crippen LogP contribution < -0.4 is 5.73 Å². The molecule has 14 heavy (non-hydrogen) atoms. The molecule has 0 amide bonds. The van der Waals surface area contributed by atoms with Crippen molar-refractivity contribution in [1.82, 2.24) is 10.2 Å². The second-order valence-electron chi connectivity index (χ2n) is 3.51. The predicted octanol–water partition coefficient (Wildman–Crippen LogP) is -0.618. The number of nitrogens with two attached hydrogens (primary N) is 1. The molecule has 6 heteroatoms. The van der Waals surface area contributed by atoms with Gasteiger partial charge in [0.05, 0.1) is 17.2 Å². The third-order valence-electron chi connectivity index (χ3n) is 2.45. The maximum atomic E-state index is 11.4. The average Bonchev–Trinajstić information content (AvgIpc) is 2.47. The summed E-state index contributed by atoms with van der Waals surface area (Å²) in [5, 5.41) is 6.96. The predicted molar refractivity (Wildman–Crippen MR) is 52.5 cm³/mol. The Balaban J connectivity index is 2.37. The fourth-order valence-electron chi connectivity index (χ4n) is 1.71. The fourth-order valence-corrected chi connectivity index (χ4v) is 3.15. The van der Waals surface area contributed by atoms with Gasteiger partial charge in [0, 0.05) is 24.1 Å². The number of nitrogens with zero attached hydrogens (tertiary/aromatic N) is 1. The van der Waals surface area contributed by atoms with Crippen molar-refractivity contribution in [1.29, 1.82) is 0 Å². The molecule has 0 fully saturated rings. The first kappa shape index (κ1) is 9.67. The minimum absolute atomic E-state index is 0.119. The molecule has 0 atom stereocenters. The molecule has 1 aromatic heterocycles. The minimum Gasteiger partial charge on any atom is -0.330 e. The number of sulfone groups is 1. The lowest BCUT2D eigenvalue weighted by atomic mass is 10.1. The number of rotatable bonds is 2. The molecule has 1 aliphatic heterocycles. The van der Waals surface area contributed by atoms with Crippen molar-refractivity contribution in [3.8, 4) is 0 Å². The molecule has 0 aromatic carbocycles. The van der Waals surface area contributed by atoms with Gasteiger partial charge in [-0.05, 0) is 6.54 Å². The monoisotopic (exact) mass is 215 g/mol. The lowest BCUT2D eigenvalue weighted by Crippen LogP contribution is -2.19. The van der Waals surface area contributed by atoms with E-state index in [2.05, 4.69) is 10.2 Å². The van der Waals surface area contributed by atoms with Crippen molar-refractivity contribution < 1.29 is 8.42 Å². The Bertz CT molecular complexity index is 435. The van der Waals surface area contributed by atoms with Crippen molar-refractivity contribution >= 4 is 9.84 Å². The van der Waals surface area contributed by atoms with Crippen LogP contribution in [0.25, 0.3) is 0 Å². The van der Waals surface area contributed by atoms with Crippen molar-refractivity contribution in [2.24, 2.45) is 5.73 Å². The molecule has 1 aromatic rings. The maximum absolute atomic E-state index is 11.4. The summed E-state index contributed by atoms with van der Waals surface area (Å²) in [7, 11) is -2.91. The number of H-pyrrole nitrogens is 1. The number of aromatic amines is 1. The van der Waals surface area contributed by atoms with Gasteiger partial charge in [-0.25, -0.2) is 8.42 Å². The zero-order valence-corrected chi connectivity index (χ0v) is 8.60. The number of aromatic nitrogens is 2. The van der Waals surface area contributed by atoms with Gasteiger partial charge >= 0.3 is 0 Å². The van der Waals surface area contributed by atoms with E-state index >= 15 is 0 Å². The Kier molecular flexibility index (Phi) is 2.32. The van der Waals surface area contributed by atoms with E-state index in [0.717, 1.165) is 17.0 Å². The first-order chi connectivity index (χ1) is 6.62. The van der Waals surface area contributed by atoms with Gasteiger partial charge in [-0.1, -0.05) is 0 Å². The van der Waals surface area contributed by atoms with Crippen LogP contribution in [-0.2, 0) is 28.4 Å². The van der Waals surface area contributed by atoms with Gasteiger partial charge in [0.25, 0.3) is 0 Å². The lowest BCUT2D eigenvalue weighted by Gasteiger charge is -2.11. The average molecular weight is 215 g/mol. The zero-order chi connectivity index (χ0) is 10.2. The van der Waals surface area contributed by atoms with E-state index in [-0.39, 0.29) is 11.5 Å². The highest BCUT2D eigenvalue weighted by Gasteiger charge is 2.25. The Hall–Kier alpha value is -0.880. The largest absolute Gasteiger partial charge is 0.330 e. The SMILES string of the molecule is NCCc1n[nH]c2c1CS(=O)(=O)CC2. The van der Waals surface area contributed by atoms with E-state index in [1.807, 2.05) is 0 Å². The zero-order valence-electron chi connectivity index (χ0n) is 7.78. The van der Waals surface area contributed by atoms with Gasteiger partial charge in [0.2, 0.25) is 0 Å². The summed E-state index contributed by atoms with van der Waals surface area (Å²) >= 11 is 0. The van der Waals surface area contributed by atoms with Crippen LogP contribution in [-0.4, -0.2) is 30.9 Å². The maximum Gasteiger partial charge on any atom is 0.154 e. The van der Waals surface area contributed by atoms with Crippen molar-refractivity contribution in [2.75, 3.05) is 12.3 Å². The molecule has 2 rings (SSSR count). The lowest BCUT2D eigenvalue weighted by molar-refractivity contribution is 0.591. The Morgan fingerprint density at radius 2 is 2.29 bits per heavy atom. The summed E-state index contributed by atoms with van der Waals surface area (Å²) in [6.07, 6.45) is 1.19. The van der Waals surface area contributed by atoms with Crippen LogP contribution in [0.5, 0.6) is 0 Å². The summed E-state index contributed by atoms with van der Waals surface area (Å²) in [6.45, 7) is 0.497. The molecule has 0 bridgehead atoms. The highest BCUT2D eigenvalue weighted by Crippen LogP contribution is 2.21. The summed E-state index contributed by atoms with van der Waals surface area (Å²) in [5.41, 5.74) is 8.04. The summed E-state index contributed by atoms with van der Waals surface area (Å²) in [6, 6.07) is 0. The van der Waals surface area contributed by atoms with Gasteiger partial charge in [-0.3, -0.25) is 5.10 Å². The summed E-state index contributed by atoms with van der Waals surface area (Å²) < 4.78 is 22.8. The van der Waals surface area contributed by atoms with Crippen molar-refractivity contribution in [3.63, 3.8) is 0 Å². The van der Waals surface area contributed by atoms with Gasteiger partial charge in [-0.15, -0.1) is 0 Å². The first-order valence-corrected chi connectivity index (χ1v) is 6.40. The third kappa shape index (κ3) is 1.67. The quantitative estimate of drug-likeness (QED) is 0.688. The Morgan fingerprint density at radius 3 is 3.00 bits per heavy atom. The highest BCUT2D eigenvalue weighted by molar-refractivity contribution is 7.90. The van der Waals surface area contributed by atoms with E-state index in [1.165, 1.54) is 0 Å². The minimum atomic E-state index is -2.91. The summed E-state index contributed by atoms with van der Waals surface area (Å²) in [5.74, 6) is 0.346. The van der Waals surface area contributed by atoms with Crippen LogP contribution >= 0.6 is 0 Å². The van der Waals surface area contributed by atoms with E-state index in [1.54, 1.807) is 0 Å². The van der Waals surface area contributed by atoms with Gasteiger partial charge in [0.1, 0.15) is 0 Å². The standard InChI is InChI=1S/C8H13N3O2S/c9-3-1-7-6-5-14(12,13)4-2-8(6)11-10-7/h1-5,9H2,(H,10,11). The molecule has 78 valence electrons. The second kappa shape index (κ2) is 3.36. The molecule has 0 saturated carbocycles. The third-order valence-corrected chi connectivity index (χ3v) is 4.00. The van der Waals surface area contributed by atoms with Crippen molar-refractivity contribution in [3.05, 3.63) is 17.0 Å². The number of fused-ring (bicyclic) bond motifs is 1. The number of hydrogen-bond donors (Lipinski definition) is 2. The topological polar surface area (TPSA) is 88.8 Å². The van der Waals surface area contributed by atoms with Crippen molar-refractivity contribution in [2.45, 2.75) is 18.6 Å². The summed E-state index contributed by atoms with van der Waals surface area (Å²) in [4.78, 5) is 0. The smallest absolute Gasteiger partial charge is 0.154 e. The normalized spacial score (nSPS) is 19.2. The second-order valence-corrected chi connectivity index (χ2v) is 5.69.